The third-order valence-electron chi connectivity index (χ3n) is 3.82. The van der Waals surface area contributed by atoms with Gasteiger partial charge in [-0.2, -0.15) is 5.10 Å². The van der Waals surface area contributed by atoms with E-state index in [-0.39, 0.29) is 11.4 Å². The zero-order valence-electron chi connectivity index (χ0n) is 14.6. The van der Waals surface area contributed by atoms with Crippen LogP contribution < -0.4 is 9.46 Å². The van der Waals surface area contributed by atoms with Crippen LogP contribution in [0, 0.1) is 0 Å². The lowest BCUT2D eigenvalue weighted by molar-refractivity contribution is 0.331. The highest BCUT2D eigenvalue weighted by Crippen LogP contribution is 2.23. The van der Waals surface area contributed by atoms with E-state index in [1.54, 1.807) is 41.5 Å². The molecule has 0 saturated heterocycles. The molecule has 7 nitrogen and oxygen atoms in total. The molecule has 0 amide bonds. The van der Waals surface area contributed by atoms with E-state index < -0.39 is 10.0 Å². The molecule has 0 atom stereocenters. The smallest absolute Gasteiger partial charge is 0.244 e. The van der Waals surface area contributed by atoms with Gasteiger partial charge in [0.2, 0.25) is 10.0 Å². The number of aromatic nitrogens is 3. The maximum atomic E-state index is 12.6. The number of para-hydroxylation sites is 1. The Hall–Kier alpha value is -2.71. The van der Waals surface area contributed by atoms with Gasteiger partial charge in [-0.1, -0.05) is 12.1 Å². The van der Waals surface area contributed by atoms with E-state index in [1.165, 1.54) is 6.07 Å². The predicted molar refractivity (Wildman–Crippen MR) is 98.1 cm³/mol. The second-order valence-corrected chi connectivity index (χ2v) is 7.36. The van der Waals surface area contributed by atoms with Crippen molar-refractivity contribution in [3.05, 3.63) is 60.6 Å². The summed E-state index contributed by atoms with van der Waals surface area (Å²) in [6.07, 6.45) is 5.06. The molecular weight excluding hydrogens is 352 g/mol. The molecule has 0 bridgehead atoms. The number of hydrogen-bond acceptors (Lipinski definition) is 5. The van der Waals surface area contributed by atoms with E-state index in [1.807, 2.05) is 26.1 Å². The minimum Gasteiger partial charge on any atom is -0.492 e. The lowest BCUT2D eigenvalue weighted by Crippen LogP contribution is -2.24. The first-order valence-electron chi connectivity index (χ1n) is 8.15. The summed E-state index contributed by atoms with van der Waals surface area (Å²) in [6, 6.07) is 10.3. The van der Waals surface area contributed by atoms with Crippen LogP contribution in [0.1, 0.15) is 12.5 Å². The van der Waals surface area contributed by atoms with Crippen molar-refractivity contribution < 1.29 is 13.2 Å². The zero-order valence-corrected chi connectivity index (χ0v) is 15.4. The largest absolute Gasteiger partial charge is 0.492 e. The summed E-state index contributed by atoms with van der Waals surface area (Å²) in [5, 5.41) is 4.14. The molecule has 0 unspecified atom stereocenters. The standard InChI is InChI=1S/C18H20N4O3S/c1-3-25-17-6-4-5-7-18(17)26(23,24)21-12-14-10-15(13-19-11-14)16-8-9-20-22(16)2/h4-11,13,21H,3,12H2,1-2H3. The van der Waals surface area contributed by atoms with E-state index in [9.17, 15) is 8.42 Å². The average Bonchev–Trinajstić information content (AvgIpc) is 3.07. The van der Waals surface area contributed by atoms with E-state index in [0.29, 0.717) is 12.4 Å². The van der Waals surface area contributed by atoms with Crippen molar-refractivity contribution in [1.29, 1.82) is 0 Å². The number of nitrogens with zero attached hydrogens (tertiary/aromatic N) is 3. The van der Waals surface area contributed by atoms with Crippen molar-refractivity contribution in [2.45, 2.75) is 18.4 Å². The summed E-state index contributed by atoms with van der Waals surface area (Å²) in [7, 11) is -1.86. The van der Waals surface area contributed by atoms with Gasteiger partial charge in [-0.25, -0.2) is 13.1 Å². The minimum absolute atomic E-state index is 0.123. The molecule has 0 spiro atoms. The van der Waals surface area contributed by atoms with E-state index in [2.05, 4.69) is 14.8 Å². The van der Waals surface area contributed by atoms with Gasteiger partial charge in [-0.3, -0.25) is 9.67 Å². The van der Waals surface area contributed by atoms with Gasteiger partial charge in [-0.05, 0) is 36.8 Å². The first-order chi connectivity index (χ1) is 12.5. The number of hydrogen-bond donors (Lipinski definition) is 1. The van der Waals surface area contributed by atoms with Gasteiger partial charge in [0.1, 0.15) is 10.6 Å². The molecule has 1 N–H and O–H groups in total. The van der Waals surface area contributed by atoms with Gasteiger partial charge in [-0.15, -0.1) is 0 Å². The summed E-state index contributed by atoms with van der Waals surface area (Å²) < 4.78 is 35.0. The van der Waals surface area contributed by atoms with Crippen LogP contribution >= 0.6 is 0 Å². The van der Waals surface area contributed by atoms with Crippen LogP contribution in [0.25, 0.3) is 11.3 Å². The van der Waals surface area contributed by atoms with Crippen LogP contribution in [0.4, 0.5) is 0 Å². The van der Waals surface area contributed by atoms with Crippen LogP contribution in [0.3, 0.4) is 0 Å². The van der Waals surface area contributed by atoms with Gasteiger partial charge < -0.3 is 4.74 Å². The molecule has 1 aromatic carbocycles. The van der Waals surface area contributed by atoms with Crippen molar-refractivity contribution in [3.8, 4) is 17.0 Å². The highest BCUT2D eigenvalue weighted by molar-refractivity contribution is 7.89. The molecular formula is C18H20N4O3S. The Morgan fingerprint density at radius 1 is 1.19 bits per heavy atom. The van der Waals surface area contributed by atoms with Crippen molar-refractivity contribution in [1.82, 2.24) is 19.5 Å². The number of rotatable bonds is 7. The summed E-state index contributed by atoms with van der Waals surface area (Å²) in [5.41, 5.74) is 2.53. The number of nitrogens with one attached hydrogen (secondary N) is 1. The molecule has 0 aliphatic rings. The summed E-state index contributed by atoms with van der Waals surface area (Å²) in [5.74, 6) is 0.337. The maximum absolute atomic E-state index is 12.6. The summed E-state index contributed by atoms with van der Waals surface area (Å²) in [6.45, 7) is 2.33. The lowest BCUT2D eigenvalue weighted by atomic mass is 10.1. The molecule has 0 saturated carbocycles. The Balaban J connectivity index is 1.80. The van der Waals surface area contributed by atoms with Crippen LogP contribution in [0.5, 0.6) is 5.75 Å². The van der Waals surface area contributed by atoms with E-state index in [4.69, 9.17) is 4.74 Å². The topological polar surface area (TPSA) is 86.1 Å². The Labute approximate surface area is 152 Å². The van der Waals surface area contributed by atoms with Crippen molar-refractivity contribution in [3.63, 3.8) is 0 Å². The average molecular weight is 372 g/mol. The lowest BCUT2D eigenvalue weighted by Gasteiger charge is -2.12. The maximum Gasteiger partial charge on any atom is 0.244 e. The second kappa shape index (κ2) is 7.67. The fourth-order valence-corrected chi connectivity index (χ4v) is 3.75. The molecule has 0 aliphatic heterocycles. The number of sulfonamides is 1. The molecule has 26 heavy (non-hydrogen) atoms. The number of benzene rings is 1. The fourth-order valence-electron chi connectivity index (χ4n) is 2.58. The van der Waals surface area contributed by atoms with E-state index >= 15 is 0 Å². The Morgan fingerprint density at radius 3 is 2.73 bits per heavy atom. The van der Waals surface area contributed by atoms with Crippen LogP contribution in [0.15, 0.2) is 59.9 Å². The van der Waals surface area contributed by atoms with Crippen LogP contribution in [-0.4, -0.2) is 29.8 Å². The van der Waals surface area contributed by atoms with Gasteiger partial charge in [0.25, 0.3) is 0 Å². The first-order valence-corrected chi connectivity index (χ1v) is 9.63. The molecule has 3 rings (SSSR count). The van der Waals surface area contributed by atoms with Crippen molar-refractivity contribution in [2.75, 3.05) is 6.61 Å². The summed E-state index contributed by atoms with van der Waals surface area (Å²) >= 11 is 0. The normalized spacial score (nSPS) is 11.5. The number of aryl methyl sites for hydroxylation is 1. The van der Waals surface area contributed by atoms with Gasteiger partial charge in [0.15, 0.2) is 0 Å². The number of pyridine rings is 1. The predicted octanol–water partition coefficient (Wildman–Crippen LogP) is 2.36. The zero-order chi connectivity index (χ0) is 18.6. The van der Waals surface area contributed by atoms with Crippen molar-refractivity contribution >= 4 is 10.0 Å². The third-order valence-corrected chi connectivity index (χ3v) is 5.26. The molecule has 3 aromatic rings. The minimum atomic E-state index is -3.71. The van der Waals surface area contributed by atoms with Gasteiger partial charge >= 0.3 is 0 Å². The number of ether oxygens (including phenoxy) is 1. The highest BCUT2D eigenvalue weighted by atomic mass is 32.2. The van der Waals surface area contributed by atoms with E-state index in [0.717, 1.165) is 16.8 Å². The molecule has 2 aromatic heterocycles. The third kappa shape index (κ3) is 3.92. The second-order valence-electron chi connectivity index (χ2n) is 5.63. The Kier molecular flexibility index (Phi) is 5.34. The summed E-state index contributed by atoms with van der Waals surface area (Å²) in [4.78, 5) is 4.32. The monoisotopic (exact) mass is 372 g/mol. The van der Waals surface area contributed by atoms with Gasteiger partial charge in [0, 0.05) is 37.7 Å². The Bertz CT molecular complexity index is 999. The molecule has 136 valence electrons. The van der Waals surface area contributed by atoms with Crippen LogP contribution in [-0.2, 0) is 23.6 Å². The molecule has 0 fully saturated rings. The molecule has 0 aliphatic carbocycles. The first kappa shape index (κ1) is 18.1. The SMILES string of the molecule is CCOc1ccccc1S(=O)(=O)NCc1cncc(-c2ccnn2C)c1. The van der Waals surface area contributed by atoms with Gasteiger partial charge in [0.05, 0.1) is 12.3 Å². The fraction of sp³-hybridized carbons (Fsp3) is 0.222. The van der Waals surface area contributed by atoms with Crippen molar-refractivity contribution in [2.24, 2.45) is 7.05 Å². The molecule has 2 heterocycles. The highest BCUT2D eigenvalue weighted by Gasteiger charge is 2.19. The van der Waals surface area contributed by atoms with Crippen LogP contribution in [0.2, 0.25) is 0 Å². The quantitative estimate of drug-likeness (QED) is 0.688. The Morgan fingerprint density at radius 2 is 2.00 bits per heavy atom. The molecule has 8 heteroatoms. The molecule has 0 radical (unpaired) electrons.